The third-order valence-corrected chi connectivity index (χ3v) is 3.02. The molecule has 26 heavy (non-hydrogen) atoms. The lowest BCUT2D eigenvalue weighted by molar-refractivity contribution is -0.137. The molecule has 0 aliphatic heterocycles. The number of aliphatic carboxylic acids is 2. The number of hydrogen-bond donors (Lipinski definition) is 4. The Bertz CT molecular complexity index is 514. The Balaban J connectivity index is -0.00000264. The molecule has 0 aliphatic rings. The second-order valence-electron chi connectivity index (χ2n) is 6.14. The number of hydrogen-bond acceptors (Lipinski definition) is 6. The summed E-state index contributed by atoms with van der Waals surface area (Å²) in [7, 11) is 0. The van der Waals surface area contributed by atoms with Gasteiger partial charge in [0, 0.05) is 0 Å². The van der Waals surface area contributed by atoms with Crippen LogP contribution >= 0.6 is 24.8 Å². The summed E-state index contributed by atoms with van der Waals surface area (Å²) in [5.74, 6) is -1.61. The quantitative estimate of drug-likeness (QED) is 0.239. The number of azo groups is 1. The second-order valence-corrected chi connectivity index (χ2v) is 6.14. The molecule has 0 aliphatic carbocycles. The number of aliphatic imine (C=N–C) groups is 2. The van der Waals surface area contributed by atoms with Crippen LogP contribution in [0.15, 0.2) is 20.2 Å². The normalized spacial score (nSPS) is 13.1. The van der Waals surface area contributed by atoms with E-state index in [2.05, 4.69) is 20.2 Å². The van der Waals surface area contributed by atoms with Crippen molar-refractivity contribution in [3.8, 4) is 0 Å². The van der Waals surface area contributed by atoms with Gasteiger partial charge in [0.15, 0.2) is 0 Å². The minimum absolute atomic E-state index is 0. The van der Waals surface area contributed by atoms with E-state index in [0.717, 1.165) is 0 Å². The topological polar surface area (TPSA) is 176 Å². The molecule has 0 saturated heterocycles. The van der Waals surface area contributed by atoms with Crippen LogP contribution in [0.2, 0.25) is 0 Å². The fourth-order valence-electron chi connectivity index (χ4n) is 1.28. The van der Waals surface area contributed by atoms with Gasteiger partial charge in [0.25, 0.3) is 0 Å². The summed E-state index contributed by atoms with van der Waals surface area (Å²) in [4.78, 5) is 28.9. The maximum absolute atomic E-state index is 10.5. The molecular weight excluding hydrogens is 387 g/mol. The Hall–Kier alpha value is -1.94. The molecule has 0 atom stereocenters. The van der Waals surface area contributed by atoms with Crippen molar-refractivity contribution in [3.05, 3.63) is 0 Å². The van der Waals surface area contributed by atoms with Gasteiger partial charge in [-0.15, -0.1) is 24.8 Å². The van der Waals surface area contributed by atoms with Crippen LogP contribution < -0.4 is 11.5 Å². The van der Waals surface area contributed by atoms with E-state index in [4.69, 9.17) is 21.7 Å². The molecule has 152 valence electrons. The van der Waals surface area contributed by atoms with E-state index in [1.807, 2.05) is 0 Å². The average molecular weight is 415 g/mol. The Morgan fingerprint density at radius 1 is 0.769 bits per heavy atom. The summed E-state index contributed by atoms with van der Waals surface area (Å²) in [6.07, 6.45) is -0.245. The molecule has 6 N–H and O–H groups in total. The molecule has 0 spiro atoms. The van der Waals surface area contributed by atoms with Crippen LogP contribution in [0.4, 0.5) is 0 Å². The molecule has 0 unspecified atom stereocenters. The summed E-state index contributed by atoms with van der Waals surface area (Å²) in [6.45, 7) is 6.85. The number of carboxylic acid groups (broad SMARTS) is 2. The number of nitrogens with two attached hydrogens (primary N) is 2. The van der Waals surface area contributed by atoms with Gasteiger partial charge in [-0.25, -0.2) is 0 Å². The van der Waals surface area contributed by atoms with Gasteiger partial charge in [0.1, 0.15) is 22.7 Å². The van der Waals surface area contributed by atoms with Crippen molar-refractivity contribution in [2.24, 2.45) is 31.7 Å². The first-order valence-corrected chi connectivity index (χ1v) is 7.37. The maximum Gasteiger partial charge on any atom is 0.305 e. The summed E-state index contributed by atoms with van der Waals surface area (Å²) >= 11 is 0. The largest absolute Gasteiger partial charge is 0.481 e. The highest BCUT2D eigenvalue weighted by Crippen LogP contribution is 2.16. The van der Waals surface area contributed by atoms with Crippen LogP contribution in [0.25, 0.3) is 0 Å². The van der Waals surface area contributed by atoms with Crippen LogP contribution in [0.5, 0.6) is 0 Å². The number of amidine groups is 2. The first-order valence-electron chi connectivity index (χ1n) is 7.37. The predicted octanol–water partition coefficient (Wildman–Crippen LogP) is 1.50. The Morgan fingerprint density at radius 2 is 1.04 bits per heavy atom. The van der Waals surface area contributed by atoms with Crippen LogP contribution in [-0.4, -0.2) is 58.0 Å². The van der Waals surface area contributed by atoms with Crippen molar-refractivity contribution in [2.45, 2.75) is 51.6 Å². The molecule has 0 aromatic heterocycles. The number of carboxylic acids is 2. The molecule has 12 heteroatoms. The Kier molecular flexibility index (Phi) is 13.8. The molecule has 0 fully saturated rings. The maximum atomic E-state index is 10.5. The van der Waals surface area contributed by atoms with Gasteiger partial charge in [0.2, 0.25) is 0 Å². The van der Waals surface area contributed by atoms with E-state index in [-0.39, 0.29) is 62.4 Å². The highest BCUT2D eigenvalue weighted by molar-refractivity contribution is 5.90. The lowest BCUT2D eigenvalue weighted by Gasteiger charge is -2.22. The van der Waals surface area contributed by atoms with Gasteiger partial charge in [-0.3, -0.25) is 19.6 Å². The number of rotatable bonds is 10. The van der Waals surface area contributed by atoms with E-state index >= 15 is 0 Å². The van der Waals surface area contributed by atoms with Crippen LogP contribution in [0.3, 0.4) is 0 Å². The van der Waals surface area contributed by atoms with Crippen molar-refractivity contribution < 1.29 is 19.8 Å². The van der Waals surface area contributed by atoms with Gasteiger partial charge in [-0.05, 0) is 27.7 Å². The van der Waals surface area contributed by atoms with E-state index in [0.29, 0.717) is 0 Å². The predicted molar refractivity (Wildman–Crippen MR) is 105 cm³/mol. The molecule has 0 aromatic carbocycles. The fourth-order valence-corrected chi connectivity index (χ4v) is 1.28. The van der Waals surface area contributed by atoms with Gasteiger partial charge in [-0.1, -0.05) is 0 Å². The van der Waals surface area contributed by atoms with Crippen molar-refractivity contribution in [1.82, 2.24) is 0 Å². The van der Waals surface area contributed by atoms with Crippen LogP contribution in [0, 0.1) is 0 Å². The zero-order chi connectivity index (χ0) is 19.0. The smallest absolute Gasteiger partial charge is 0.305 e. The van der Waals surface area contributed by atoms with Gasteiger partial charge in [-0.2, -0.15) is 10.2 Å². The van der Waals surface area contributed by atoms with Crippen molar-refractivity contribution >= 4 is 48.4 Å². The minimum Gasteiger partial charge on any atom is -0.481 e. The minimum atomic E-state index is -0.961. The van der Waals surface area contributed by atoms with E-state index in [1.54, 1.807) is 27.7 Å². The highest BCUT2D eigenvalue weighted by Gasteiger charge is 2.27. The monoisotopic (exact) mass is 414 g/mol. The summed E-state index contributed by atoms with van der Waals surface area (Å²) in [6, 6.07) is 0. The molecule has 0 heterocycles. The zero-order valence-electron chi connectivity index (χ0n) is 15.3. The van der Waals surface area contributed by atoms with Gasteiger partial charge < -0.3 is 21.7 Å². The molecule has 0 bridgehead atoms. The molecule has 10 nitrogen and oxygen atoms in total. The standard InChI is InChI=1S/C14H26N6O4.2ClH/c1-13(2,11(15)17-7-5-9(21)22)19-20-14(3,4)12(16)18-8-6-10(23)24;;/h5-8H2,1-4H3,(H2,15,17)(H2,16,18)(H,21,22)(H,23,24);2*1H. The third kappa shape index (κ3) is 11.6. The lowest BCUT2D eigenvalue weighted by Crippen LogP contribution is -2.40. The summed E-state index contributed by atoms with van der Waals surface area (Å²) < 4.78 is 0. The molecule has 0 amide bonds. The molecular formula is C14H28Cl2N6O4. The Labute approximate surface area is 165 Å². The van der Waals surface area contributed by atoms with E-state index in [9.17, 15) is 9.59 Å². The first kappa shape index (κ1) is 28.8. The lowest BCUT2D eigenvalue weighted by atomic mass is 10.0. The molecule has 0 rings (SSSR count). The Morgan fingerprint density at radius 3 is 1.27 bits per heavy atom. The van der Waals surface area contributed by atoms with Gasteiger partial charge in [0.05, 0.1) is 25.9 Å². The molecule has 0 aromatic rings. The van der Waals surface area contributed by atoms with Crippen molar-refractivity contribution in [3.63, 3.8) is 0 Å². The van der Waals surface area contributed by atoms with E-state index < -0.39 is 23.0 Å². The number of nitrogens with zero attached hydrogens (tertiary/aromatic N) is 4. The van der Waals surface area contributed by atoms with Crippen molar-refractivity contribution in [2.75, 3.05) is 13.1 Å². The van der Waals surface area contributed by atoms with Crippen molar-refractivity contribution in [1.29, 1.82) is 0 Å². The fraction of sp³-hybridized carbons (Fsp3) is 0.714. The zero-order valence-corrected chi connectivity index (χ0v) is 16.9. The number of carbonyl (C=O) groups is 2. The van der Waals surface area contributed by atoms with Gasteiger partial charge >= 0.3 is 11.9 Å². The first-order chi connectivity index (χ1) is 10.9. The summed E-state index contributed by atoms with van der Waals surface area (Å²) in [5.41, 5.74) is 9.80. The molecule has 0 radical (unpaired) electrons. The summed E-state index contributed by atoms with van der Waals surface area (Å²) in [5, 5.41) is 25.4. The second kappa shape index (κ2) is 12.4. The van der Waals surface area contributed by atoms with E-state index in [1.165, 1.54) is 0 Å². The molecule has 0 saturated carbocycles. The highest BCUT2D eigenvalue weighted by atomic mass is 35.5. The number of halogens is 2. The third-order valence-electron chi connectivity index (χ3n) is 3.02. The average Bonchev–Trinajstić information content (AvgIpc) is 2.44. The SMILES string of the molecule is CC(C)(N=NC(C)(C)C(N)=NCCC(=O)O)C(N)=NCCC(=O)O.Cl.Cl. The van der Waals surface area contributed by atoms with Crippen LogP contribution in [-0.2, 0) is 9.59 Å². The van der Waals surface area contributed by atoms with Crippen LogP contribution in [0.1, 0.15) is 40.5 Å².